The second-order valence-electron chi connectivity index (χ2n) is 4.06. The maximum Gasteiger partial charge on any atom is 0.221 e. The summed E-state index contributed by atoms with van der Waals surface area (Å²) in [4.78, 5) is 21.7. The minimum Gasteiger partial charge on any atom is -0.359 e. The molecule has 1 amide bonds. The van der Waals surface area contributed by atoms with E-state index < -0.39 is 0 Å². The first-order valence-electron chi connectivity index (χ1n) is 5.73. The molecule has 7 nitrogen and oxygen atoms in total. The average molecular weight is 252 g/mol. The number of amides is 1. The first-order valence-corrected chi connectivity index (χ1v) is 5.73. The van der Waals surface area contributed by atoms with Crippen molar-refractivity contribution in [2.45, 2.75) is 20.3 Å². The Morgan fingerprint density at radius 3 is 2.61 bits per heavy atom. The van der Waals surface area contributed by atoms with Gasteiger partial charge in [-0.1, -0.05) is 0 Å². The molecule has 1 heterocycles. The van der Waals surface area contributed by atoms with Crippen molar-refractivity contribution in [1.29, 1.82) is 0 Å². The summed E-state index contributed by atoms with van der Waals surface area (Å²) >= 11 is 0. The van der Waals surface area contributed by atoms with Crippen LogP contribution in [0.4, 0.5) is 11.6 Å². The molecule has 100 valence electrons. The van der Waals surface area contributed by atoms with Crippen molar-refractivity contribution in [3.63, 3.8) is 0 Å². The van der Waals surface area contributed by atoms with E-state index in [-0.39, 0.29) is 5.91 Å². The first-order chi connectivity index (χ1) is 8.49. The third kappa shape index (κ3) is 3.30. The van der Waals surface area contributed by atoms with Crippen LogP contribution in [0.2, 0.25) is 0 Å². The number of nitrogens with two attached hydrogens (primary N) is 1. The Hall–Kier alpha value is -1.89. The van der Waals surface area contributed by atoms with Gasteiger partial charge in [-0.25, -0.2) is 15.8 Å². The Bertz CT molecular complexity index is 434. The Kier molecular flexibility index (Phi) is 4.85. The molecule has 0 spiro atoms. The molecular formula is C11H20N6O. The van der Waals surface area contributed by atoms with E-state index in [1.807, 2.05) is 18.9 Å². The third-order valence-corrected chi connectivity index (χ3v) is 2.68. The molecule has 0 aliphatic rings. The van der Waals surface area contributed by atoms with Crippen molar-refractivity contribution in [3.05, 3.63) is 11.4 Å². The van der Waals surface area contributed by atoms with Crippen molar-refractivity contribution in [1.82, 2.24) is 15.3 Å². The summed E-state index contributed by atoms with van der Waals surface area (Å²) in [6.07, 6.45) is 0.418. The van der Waals surface area contributed by atoms with Crippen LogP contribution in [0.1, 0.15) is 17.8 Å². The number of carbonyl (C=O) groups is 1. The molecule has 0 unspecified atom stereocenters. The lowest BCUT2D eigenvalue weighted by Crippen LogP contribution is -2.28. The lowest BCUT2D eigenvalue weighted by atomic mass is 10.2. The zero-order chi connectivity index (χ0) is 13.7. The van der Waals surface area contributed by atoms with Gasteiger partial charge in [0.25, 0.3) is 0 Å². The van der Waals surface area contributed by atoms with Crippen molar-refractivity contribution in [3.8, 4) is 0 Å². The number of hydrazine groups is 1. The minimum atomic E-state index is 0.00227. The van der Waals surface area contributed by atoms with Crippen LogP contribution in [0.15, 0.2) is 0 Å². The number of nitrogen functional groups attached to an aromatic ring is 1. The fourth-order valence-corrected chi connectivity index (χ4v) is 1.63. The highest BCUT2D eigenvalue weighted by molar-refractivity contribution is 5.76. The van der Waals surface area contributed by atoms with E-state index in [1.165, 1.54) is 0 Å². The van der Waals surface area contributed by atoms with Gasteiger partial charge in [0.15, 0.2) is 0 Å². The van der Waals surface area contributed by atoms with Crippen LogP contribution in [0.5, 0.6) is 0 Å². The number of nitrogens with one attached hydrogen (secondary N) is 2. The van der Waals surface area contributed by atoms with Gasteiger partial charge in [-0.15, -0.1) is 0 Å². The summed E-state index contributed by atoms with van der Waals surface area (Å²) in [5.74, 6) is 7.42. The van der Waals surface area contributed by atoms with Gasteiger partial charge in [-0.2, -0.15) is 0 Å². The van der Waals surface area contributed by atoms with E-state index in [4.69, 9.17) is 5.84 Å². The monoisotopic (exact) mass is 252 g/mol. The Morgan fingerprint density at radius 2 is 2.06 bits per heavy atom. The summed E-state index contributed by atoms with van der Waals surface area (Å²) in [6.45, 7) is 4.28. The van der Waals surface area contributed by atoms with Crippen LogP contribution in [0, 0.1) is 13.8 Å². The van der Waals surface area contributed by atoms with Crippen molar-refractivity contribution >= 4 is 17.5 Å². The van der Waals surface area contributed by atoms with Gasteiger partial charge in [0.05, 0.1) is 0 Å². The van der Waals surface area contributed by atoms with Gasteiger partial charge < -0.3 is 15.6 Å². The van der Waals surface area contributed by atoms with Crippen LogP contribution in [0.25, 0.3) is 0 Å². The Morgan fingerprint density at radius 1 is 1.39 bits per heavy atom. The molecule has 0 radical (unpaired) electrons. The maximum atomic E-state index is 11.2. The fourth-order valence-electron chi connectivity index (χ4n) is 1.63. The number of anilines is 2. The van der Waals surface area contributed by atoms with Crippen LogP contribution in [-0.4, -0.2) is 36.5 Å². The Labute approximate surface area is 107 Å². The molecule has 1 aromatic heterocycles. The summed E-state index contributed by atoms with van der Waals surface area (Å²) in [7, 11) is 3.51. The van der Waals surface area contributed by atoms with Crippen molar-refractivity contribution < 1.29 is 4.79 Å². The second kappa shape index (κ2) is 6.15. The molecule has 0 aromatic carbocycles. The van der Waals surface area contributed by atoms with Gasteiger partial charge in [0.2, 0.25) is 5.91 Å². The van der Waals surface area contributed by atoms with Crippen LogP contribution < -0.4 is 21.5 Å². The second-order valence-corrected chi connectivity index (χ2v) is 4.06. The van der Waals surface area contributed by atoms with Crippen LogP contribution >= 0.6 is 0 Å². The molecule has 0 saturated heterocycles. The summed E-state index contributed by atoms with van der Waals surface area (Å²) in [5, 5.41) is 2.59. The predicted molar refractivity (Wildman–Crippen MR) is 71.3 cm³/mol. The highest BCUT2D eigenvalue weighted by atomic mass is 16.1. The minimum absolute atomic E-state index is 0.00227. The molecule has 0 aliphatic carbocycles. The van der Waals surface area contributed by atoms with Crippen molar-refractivity contribution in [2.24, 2.45) is 5.84 Å². The number of carbonyl (C=O) groups excluding carboxylic acids is 1. The number of hydrogen-bond acceptors (Lipinski definition) is 6. The highest BCUT2D eigenvalue weighted by Crippen LogP contribution is 2.21. The molecule has 0 saturated carbocycles. The lowest BCUT2D eigenvalue weighted by Gasteiger charge is -2.21. The number of hydrogen-bond donors (Lipinski definition) is 3. The molecule has 0 atom stereocenters. The molecule has 0 bridgehead atoms. The molecule has 7 heteroatoms. The topological polar surface area (TPSA) is 96.2 Å². The van der Waals surface area contributed by atoms with E-state index in [9.17, 15) is 4.79 Å². The predicted octanol–water partition coefficient (Wildman–Crippen LogP) is -0.0487. The molecule has 18 heavy (non-hydrogen) atoms. The van der Waals surface area contributed by atoms with E-state index in [0.29, 0.717) is 24.6 Å². The summed E-state index contributed by atoms with van der Waals surface area (Å²) in [5.41, 5.74) is 3.41. The van der Waals surface area contributed by atoms with Gasteiger partial charge in [0, 0.05) is 32.6 Å². The largest absolute Gasteiger partial charge is 0.359 e. The normalized spacial score (nSPS) is 10.1. The van der Waals surface area contributed by atoms with Gasteiger partial charge >= 0.3 is 0 Å². The van der Waals surface area contributed by atoms with E-state index in [0.717, 1.165) is 11.4 Å². The van der Waals surface area contributed by atoms with Gasteiger partial charge in [0.1, 0.15) is 17.5 Å². The third-order valence-electron chi connectivity index (χ3n) is 2.68. The molecule has 0 aliphatic heterocycles. The standard InChI is InChI=1S/C11H20N6O/c1-7-10(16-12)14-8(2)15-11(7)17(4)6-5-9(18)13-3/h5-6,12H2,1-4H3,(H,13,18)(H,14,15,16). The Balaban J connectivity index is 2.88. The molecule has 1 aromatic rings. The van der Waals surface area contributed by atoms with E-state index >= 15 is 0 Å². The van der Waals surface area contributed by atoms with Crippen LogP contribution in [0.3, 0.4) is 0 Å². The summed E-state index contributed by atoms with van der Waals surface area (Å²) in [6, 6.07) is 0. The van der Waals surface area contributed by atoms with Gasteiger partial charge in [-0.05, 0) is 13.8 Å². The van der Waals surface area contributed by atoms with Gasteiger partial charge in [-0.3, -0.25) is 4.79 Å². The molecule has 1 rings (SSSR count). The highest BCUT2D eigenvalue weighted by Gasteiger charge is 2.13. The quantitative estimate of drug-likeness (QED) is 0.502. The molecule has 4 N–H and O–H groups in total. The zero-order valence-electron chi connectivity index (χ0n) is 11.2. The van der Waals surface area contributed by atoms with Crippen molar-refractivity contribution in [2.75, 3.05) is 31.0 Å². The molecule has 0 fully saturated rings. The number of nitrogens with zero attached hydrogens (tertiary/aromatic N) is 3. The number of rotatable bonds is 5. The first kappa shape index (κ1) is 14.2. The number of aromatic nitrogens is 2. The lowest BCUT2D eigenvalue weighted by molar-refractivity contribution is -0.120. The smallest absolute Gasteiger partial charge is 0.221 e. The fraction of sp³-hybridized carbons (Fsp3) is 0.545. The summed E-state index contributed by atoms with van der Waals surface area (Å²) < 4.78 is 0. The number of aryl methyl sites for hydroxylation is 1. The van der Waals surface area contributed by atoms with E-state index in [2.05, 4.69) is 20.7 Å². The molecular weight excluding hydrogens is 232 g/mol. The van der Waals surface area contributed by atoms with Crippen LogP contribution in [-0.2, 0) is 4.79 Å². The zero-order valence-corrected chi connectivity index (χ0v) is 11.2. The SMILES string of the molecule is CNC(=O)CCN(C)c1nc(C)nc(NN)c1C. The van der Waals surface area contributed by atoms with E-state index in [1.54, 1.807) is 14.0 Å². The average Bonchev–Trinajstić information content (AvgIpc) is 2.37. The maximum absolute atomic E-state index is 11.2.